The first-order chi connectivity index (χ1) is 12.0. The predicted molar refractivity (Wildman–Crippen MR) is 95.5 cm³/mol. The van der Waals surface area contributed by atoms with Crippen LogP contribution in [0.1, 0.15) is 10.4 Å². The van der Waals surface area contributed by atoms with Crippen molar-refractivity contribution in [3.63, 3.8) is 0 Å². The molecule has 0 aromatic heterocycles. The third kappa shape index (κ3) is 5.98. The molecule has 0 aliphatic rings. The standard InChI is InChI=1S/C16H14Cl2N4O3/c17-10-6-7-12(13(18)8-10)15(24)19-9-14(23)21-22-16(25)20-11-4-2-1-3-5-11/h1-8H,9H2,(H,19,24)(H,21,23)(H2,20,22,25). The maximum absolute atomic E-state index is 11.9. The van der Waals surface area contributed by atoms with Crippen LogP contribution in [0, 0.1) is 0 Å². The van der Waals surface area contributed by atoms with Crippen molar-refractivity contribution in [3.8, 4) is 0 Å². The average molecular weight is 381 g/mol. The van der Waals surface area contributed by atoms with Crippen molar-refractivity contribution < 1.29 is 14.4 Å². The van der Waals surface area contributed by atoms with Crippen LogP contribution in [0.3, 0.4) is 0 Å². The highest BCUT2D eigenvalue weighted by atomic mass is 35.5. The highest BCUT2D eigenvalue weighted by molar-refractivity contribution is 6.36. The van der Waals surface area contributed by atoms with Gasteiger partial charge < -0.3 is 10.6 Å². The van der Waals surface area contributed by atoms with Crippen LogP contribution in [0.25, 0.3) is 0 Å². The zero-order chi connectivity index (χ0) is 18.2. The first-order valence-corrected chi connectivity index (χ1v) is 7.85. The average Bonchev–Trinajstić information content (AvgIpc) is 2.58. The molecule has 0 saturated heterocycles. The number of para-hydroxylation sites is 1. The van der Waals surface area contributed by atoms with Gasteiger partial charge in [0.15, 0.2) is 0 Å². The molecule has 2 aromatic carbocycles. The quantitative estimate of drug-likeness (QED) is 0.613. The largest absolute Gasteiger partial charge is 0.343 e. The lowest BCUT2D eigenvalue weighted by Gasteiger charge is -2.10. The van der Waals surface area contributed by atoms with E-state index < -0.39 is 17.8 Å². The molecule has 0 saturated carbocycles. The summed E-state index contributed by atoms with van der Waals surface area (Å²) in [7, 11) is 0. The van der Waals surface area contributed by atoms with E-state index in [0.29, 0.717) is 10.7 Å². The Morgan fingerprint density at radius 3 is 2.32 bits per heavy atom. The lowest BCUT2D eigenvalue weighted by atomic mass is 10.2. The summed E-state index contributed by atoms with van der Waals surface area (Å²) in [6, 6.07) is 12.5. The normalized spacial score (nSPS) is 9.84. The Morgan fingerprint density at radius 1 is 0.920 bits per heavy atom. The first kappa shape index (κ1) is 18.6. The minimum Gasteiger partial charge on any atom is -0.343 e. The Balaban J connectivity index is 1.75. The number of hydrogen-bond donors (Lipinski definition) is 4. The van der Waals surface area contributed by atoms with Gasteiger partial charge in [-0.3, -0.25) is 15.0 Å². The number of amides is 4. The van der Waals surface area contributed by atoms with Gasteiger partial charge >= 0.3 is 6.03 Å². The Labute approximate surface area is 153 Å². The Hall–Kier alpha value is -2.77. The Kier molecular flexibility index (Phi) is 6.62. The Morgan fingerprint density at radius 2 is 1.64 bits per heavy atom. The molecule has 0 atom stereocenters. The second-order valence-corrected chi connectivity index (χ2v) is 5.64. The van der Waals surface area contributed by atoms with Crippen molar-refractivity contribution in [1.82, 2.24) is 16.2 Å². The zero-order valence-corrected chi connectivity index (χ0v) is 14.3. The van der Waals surface area contributed by atoms with E-state index in [1.165, 1.54) is 18.2 Å². The highest BCUT2D eigenvalue weighted by Crippen LogP contribution is 2.20. The summed E-state index contributed by atoms with van der Waals surface area (Å²) in [5, 5.41) is 5.47. The summed E-state index contributed by atoms with van der Waals surface area (Å²) in [6.07, 6.45) is 0. The molecular weight excluding hydrogens is 367 g/mol. The van der Waals surface area contributed by atoms with E-state index in [1.54, 1.807) is 30.3 Å². The van der Waals surface area contributed by atoms with Crippen molar-refractivity contribution >= 4 is 46.7 Å². The SMILES string of the molecule is O=C(CNC(=O)c1ccc(Cl)cc1Cl)NNC(=O)Nc1ccccc1. The number of benzene rings is 2. The van der Waals surface area contributed by atoms with E-state index in [4.69, 9.17) is 23.2 Å². The molecule has 0 heterocycles. The first-order valence-electron chi connectivity index (χ1n) is 7.10. The van der Waals surface area contributed by atoms with E-state index >= 15 is 0 Å². The molecule has 0 aliphatic heterocycles. The van der Waals surface area contributed by atoms with Gasteiger partial charge in [0.2, 0.25) is 0 Å². The molecule has 0 fully saturated rings. The molecule has 9 heteroatoms. The molecule has 0 unspecified atom stereocenters. The van der Waals surface area contributed by atoms with E-state index in [9.17, 15) is 14.4 Å². The summed E-state index contributed by atoms with van der Waals surface area (Å²) in [5.74, 6) is -1.15. The summed E-state index contributed by atoms with van der Waals surface area (Å²) in [5.41, 5.74) is 5.09. The van der Waals surface area contributed by atoms with E-state index in [0.717, 1.165) is 0 Å². The number of hydrazine groups is 1. The number of anilines is 1. The van der Waals surface area contributed by atoms with Gasteiger partial charge in [0.05, 0.1) is 17.1 Å². The maximum atomic E-state index is 11.9. The third-order valence-electron chi connectivity index (χ3n) is 2.93. The number of carbonyl (C=O) groups is 3. The van der Waals surface area contributed by atoms with E-state index in [-0.39, 0.29) is 17.1 Å². The fraction of sp³-hybridized carbons (Fsp3) is 0.0625. The second kappa shape index (κ2) is 8.91. The summed E-state index contributed by atoms with van der Waals surface area (Å²) in [6.45, 7) is -0.344. The molecule has 4 N–H and O–H groups in total. The van der Waals surface area contributed by atoms with Gasteiger partial charge in [-0.1, -0.05) is 41.4 Å². The molecule has 2 aromatic rings. The van der Waals surface area contributed by atoms with Gasteiger partial charge in [0.25, 0.3) is 11.8 Å². The van der Waals surface area contributed by atoms with E-state index in [2.05, 4.69) is 21.5 Å². The van der Waals surface area contributed by atoms with Crippen molar-refractivity contribution in [2.24, 2.45) is 0 Å². The zero-order valence-electron chi connectivity index (χ0n) is 12.8. The van der Waals surface area contributed by atoms with Crippen molar-refractivity contribution in [1.29, 1.82) is 0 Å². The van der Waals surface area contributed by atoms with Crippen LogP contribution in [0.5, 0.6) is 0 Å². The molecule has 2 rings (SSSR count). The van der Waals surface area contributed by atoms with Crippen molar-refractivity contribution in [2.75, 3.05) is 11.9 Å². The fourth-order valence-electron chi connectivity index (χ4n) is 1.78. The summed E-state index contributed by atoms with van der Waals surface area (Å²) < 4.78 is 0. The van der Waals surface area contributed by atoms with Gasteiger partial charge in [0, 0.05) is 10.7 Å². The van der Waals surface area contributed by atoms with Crippen molar-refractivity contribution in [3.05, 3.63) is 64.1 Å². The third-order valence-corrected chi connectivity index (χ3v) is 3.48. The van der Waals surface area contributed by atoms with Crippen LogP contribution in [0.15, 0.2) is 48.5 Å². The lowest BCUT2D eigenvalue weighted by molar-refractivity contribution is -0.120. The van der Waals surface area contributed by atoms with Gasteiger partial charge in [-0.15, -0.1) is 0 Å². The van der Waals surface area contributed by atoms with Crippen LogP contribution in [-0.2, 0) is 4.79 Å². The second-order valence-electron chi connectivity index (χ2n) is 4.80. The monoisotopic (exact) mass is 380 g/mol. The van der Waals surface area contributed by atoms with Crippen LogP contribution in [0.2, 0.25) is 10.0 Å². The molecule has 0 spiro atoms. The predicted octanol–water partition coefficient (Wildman–Crippen LogP) is 2.58. The van der Waals surface area contributed by atoms with Crippen LogP contribution in [-0.4, -0.2) is 24.4 Å². The fourth-order valence-corrected chi connectivity index (χ4v) is 2.28. The highest BCUT2D eigenvalue weighted by Gasteiger charge is 2.12. The van der Waals surface area contributed by atoms with Gasteiger partial charge in [-0.05, 0) is 30.3 Å². The lowest BCUT2D eigenvalue weighted by Crippen LogP contribution is -2.47. The topological polar surface area (TPSA) is 99.3 Å². The van der Waals surface area contributed by atoms with Gasteiger partial charge in [0.1, 0.15) is 0 Å². The number of carbonyl (C=O) groups excluding carboxylic acids is 3. The van der Waals surface area contributed by atoms with Gasteiger partial charge in [-0.2, -0.15) is 0 Å². The van der Waals surface area contributed by atoms with Crippen molar-refractivity contribution in [2.45, 2.75) is 0 Å². The molecule has 25 heavy (non-hydrogen) atoms. The molecule has 130 valence electrons. The van der Waals surface area contributed by atoms with Crippen LogP contribution < -0.4 is 21.5 Å². The summed E-state index contributed by atoms with van der Waals surface area (Å²) >= 11 is 11.7. The molecule has 0 aliphatic carbocycles. The Bertz CT molecular complexity index is 784. The minimum absolute atomic E-state index is 0.172. The number of halogens is 2. The number of rotatable bonds is 4. The summed E-state index contributed by atoms with van der Waals surface area (Å²) in [4.78, 5) is 35.2. The smallest absolute Gasteiger partial charge is 0.337 e. The number of hydrogen-bond acceptors (Lipinski definition) is 3. The molecule has 7 nitrogen and oxygen atoms in total. The maximum Gasteiger partial charge on any atom is 0.337 e. The number of nitrogens with one attached hydrogen (secondary N) is 4. The van der Waals surface area contributed by atoms with E-state index in [1.807, 2.05) is 0 Å². The molecule has 4 amide bonds. The minimum atomic E-state index is -0.619. The van der Waals surface area contributed by atoms with Crippen LogP contribution >= 0.6 is 23.2 Å². The molecular formula is C16H14Cl2N4O3. The molecule has 0 bridgehead atoms. The molecule has 0 radical (unpaired) electrons. The van der Waals surface area contributed by atoms with Gasteiger partial charge in [-0.25, -0.2) is 10.2 Å². The van der Waals surface area contributed by atoms with Crippen LogP contribution in [0.4, 0.5) is 10.5 Å². The number of urea groups is 1.